The molecule has 0 bridgehead atoms. The van der Waals surface area contributed by atoms with Gasteiger partial charge in [0, 0.05) is 6.07 Å². The third-order valence-electron chi connectivity index (χ3n) is 2.27. The molecule has 0 fully saturated rings. The summed E-state index contributed by atoms with van der Waals surface area (Å²) in [7, 11) is 0. The lowest BCUT2D eigenvalue weighted by molar-refractivity contribution is -0.00000312. The van der Waals surface area contributed by atoms with Crippen LogP contribution in [0.5, 0.6) is 0 Å². The van der Waals surface area contributed by atoms with Crippen LogP contribution in [0.4, 0.5) is 0 Å². The van der Waals surface area contributed by atoms with E-state index in [0.717, 1.165) is 0 Å². The average Bonchev–Trinajstić information content (AvgIpc) is 2.39. The Labute approximate surface area is 132 Å². The summed E-state index contributed by atoms with van der Waals surface area (Å²) < 4.78 is 2.75. The van der Waals surface area contributed by atoms with Gasteiger partial charge in [-0.1, -0.05) is 53.9 Å². The third kappa shape index (κ3) is 3.84. The van der Waals surface area contributed by atoms with Crippen LogP contribution in [0.2, 0.25) is 0 Å². The van der Waals surface area contributed by atoms with Gasteiger partial charge in [0.05, 0.1) is 5.56 Å². The molecular weight excluding hydrogens is 379 g/mol. The van der Waals surface area contributed by atoms with Gasteiger partial charge in [0.1, 0.15) is 0 Å². The molecule has 1 heterocycles. The number of halogens is 1. The summed E-state index contributed by atoms with van der Waals surface area (Å²) in [5.41, 5.74) is 2.65. The van der Waals surface area contributed by atoms with E-state index in [1.807, 2.05) is 34.9 Å². The van der Waals surface area contributed by atoms with E-state index < -0.39 is 0 Å². The van der Waals surface area contributed by atoms with E-state index in [0.29, 0.717) is 0 Å². The molecule has 0 aliphatic rings. The number of rotatable bonds is 3. The van der Waals surface area contributed by atoms with E-state index in [2.05, 4.69) is 55.0 Å². The predicted molar refractivity (Wildman–Crippen MR) is 77.7 cm³/mol. The summed E-state index contributed by atoms with van der Waals surface area (Å²) in [6, 6.07) is 15.0. The van der Waals surface area contributed by atoms with Crippen molar-refractivity contribution in [2.45, 2.75) is 8.42 Å². The Hall–Kier alpha value is 0.220. The van der Waals surface area contributed by atoms with Crippen molar-refractivity contribution in [2.24, 2.45) is 0 Å². The van der Waals surface area contributed by atoms with Crippen molar-refractivity contribution >= 4 is 34.9 Å². The Morgan fingerprint density at radius 1 is 0.882 bits per heavy atom. The monoisotopic (exact) mass is 392 g/mol. The second-order valence-corrected chi connectivity index (χ2v) is 6.46. The van der Waals surface area contributed by atoms with E-state index in [-0.39, 0.29) is 24.0 Å². The maximum atomic E-state index is 2.23. The predicted octanol–water partition coefficient (Wildman–Crippen LogP) is 2.14. The van der Waals surface area contributed by atoms with Gasteiger partial charge >= 0.3 is 0 Å². The fourth-order valence-corrected chi connectivity index (χ4v) is 4.06. The molecule has 0 aliphatic carbocycles. The molecule has 0 aliphatic heterocycles. The van der Waals surface area contributed by atoms with Gasteiger partial charge in [-0.3, -0.25) is 0 Å². The van der Waals surface area contributed by atoms with Crippen LogP contribution in [-0.2, 0) is 0 Å². The molecule has 0 spiro atoms. The van der Waals surface area contributed by atoms with E-state index in [1.54, 1.807) is 0 Å². The molecule has 0 unspecified atom stereocenters. The SMILES string of the molecule is CSc1ccc(-c2ccccc2)c(SC)[s+]1.[I-]. The smallest absolute Gasteiger partial charge is 0.273 e. The van der Waals surface area contributed by atoms with Crippen molar-refractivity contribution < 1.29 is 24.0 Å². The van der Waals surface area contributed by atoms with Crippen LogP contribution < -0.4 is 24.0 Å². The molecule has 0 radical (unpaired) electrons. The van der Waals surface area contributed by atoms with Crippen molar-refractivity contribution in [3.05, 3.63) is 42.5 Å². The molecule has 0 N–H and O–H groups in total. The Morgan fingerprint density at radius 3 is 2.18 bits per heavy atom. The molecule has 2 aromatic rings. The molecule has 1 aromatic heterocycles. The second-order valence-electron chi connectivity index (χ2n) is 3.23. The normalized spacial score (nSPS) is 9.76. The van der Waals surface area contributed by atoms with Crippen molar-refractivity contribution in [3.63, 3.8) is 0 Å². The molecule has 0 nitrogen and oxygen atoms in total. The van der Waals surface area contributed by atoms with Gasteiger partial charge in [-0.05, 0) is 24.1 Å². The number of hydrogen-bond acceptors (Lipinski definition) is 2. The fourth-order valence-electron chi connectivity index (χ4n) is 1.49. The topological polar surface area (TPSA) is 0 Å². The van der Waals surface area contributed by atoms with Crippen molar-refractivity contribution in [1.29, 1.82) is 0 Å². The highest BCUT2D eigenvalue weighted by Gasteiger charge is 2.17. The fraction of sp³-hybridized carbons (Fsp3) is 0.154. The van der Waals surface area contributed by atoms with E-state index in [1.165, 1.54) is 19.5 Å². The summed E-state index contributed by atoms with van der Waals surface area (Å²) in [5.74, 6) is 0. The largest absolute Gasteiger partial charge is 1.00 e. The van der Waals surface area contributed by atoms with Crippen LogP contribution in [0.25, 0.3) is 11.1 Å². The summed E-state index contributed by atoms with van der Waals surface area (Å²) in [6.07, 6.45) is 4.26. The summed E-state index contributed by atoms with van der Waals surface area (Å²) in [5, 5.41) is 0. The minimum Gasteiger partial charge on any atom is -1.00 e. The van der Waals surface area contributed by atoms with Gasteiger partial charge in [0.2, 0.25) is 11.3 Å². The average molecular weight is 392 g/mol. The summed E-state index contributed by atoms with van der Waals surface area (Å²) >= 11 is 5.50. The van der Waals surface area contributed by atoms with Crippen LogP contribution in [-0.4, -0.2) is 12.5 Å². The molecular formula is C13H13IS3. The zero-order valence-corrected chi connectivity index (χ0v) is 14.3. The van der Waals surface area contributed by atoms with Crippen molar-refractivity contribution in [1.82, 2.24) is 0 Å². The maximum absolute atomic E-state index is 2.23. The van der Waals surface area contributed by atoms with Gasteiger partial charge in [-0.15, -0.1) is 0 Å². The zero-order valence-electron chi connectivity index (χ0n) is 9.64. The van der Waals surface area contributed by atoms with Gasteiger partial charge in [-0.25, -0.2) is 0 Å². The second kappa shape index (κ2) is 7.61. The number of hydrogen-bond donors (Lipinski definition) is 0. The van der Waals surface area contributed by atoms with Crippen LogP contribution in [0.3, 0.4) is 0 Å². The lowest BCUT2D eigenvalue weighted by atomic mass is 10.1. The Morgan fingerprint density at radius 2 is 1.59 bits per heavy atom. The summed E-state index contributed by atoms with van der Waals surface area (Å²) in [4.78, 5) is 0. The first-order chi connectivity index (χ1) is 7.85. The molecule has 17 heavy (non-hydrogen) atoms. The standard InChI is InChI=1S/C13H13S3.HI/c1-14-12-9-8-11(13(15-2)16-12)10-6-4-3-5-7-10;/h3-9H,1-2H3;1H/q+1;/p-1. The molecule has 4 heteroatoms. The van der Waals surface area contributed by atoms with Crippen LogP contribution >= 0.6 is 34.9 Å². The van der Waals surface area contributed by atoms with Gasteiger partial charge in [-0.2, -0.15) is 0 Å². The Bertz CT molecular complexity index is 471. The third-order valence-corrected chi connectivity index (χ3v) is 5.64. The number of benzene rings is 1. The molecule has 90 valence electrons. The molecule has 0 amide bonds. The van der Waals surface area contributed by atoms with E-state index in [9.17, 15) is 0 Å². The minimum absolute atomic E-state index is 0. The zero-order chi connectivity index (χ0) is 11.4. The first-order valence-corrected chi connectivity index (χ1v) is 8.22. The quantitative estimate of drug-likeness (QED) is 0.446. The van der Waals surface area contributed by atoms with Crippen molar-refractivity contribution in [3.8, 4) is 11.1 Å². The summed E-state index contributed by atoms with van der Waals surface area (Å²) in [6.45, 7) is 0. The molecule has 0 saturated heterocycles. The first-order valence-electron chi connectivity index (χ1n) is 4.95. The lowest BCUT2D eigenvalue weighted by Crippen LogP contribution is -3.00. The van der Waals surface area contributed by atoms with Gasteiger partial charge in [0.15, 0.2) is 0 Å². The highest BCUT2D eigenvalue weighted by atomic mass is 127. The molecule has 0 atom stereocenters. The van der Waals surface area contributed by atoms with Crippen molar-refractivity contribution in [2.75, 3.05) is 12.5 Å². The van der Waals surface area contributed by atoms with Gasteiger partial charge in [0.25, 0.3) is 8.42 Å². The van der Waals surface area contributed by atoms with E-state index in [4.69, 9.17) is 0 Å². The van der Waals surface area contributed by atoms with Crippen LogP contribution in [0, 0.1) is 0 Å². The minimum atomic E-state index is 0. The van der Waals surface area contributed by atoms with Crippen LogP contribution in [0.15, 0.2) is 50.9 Å². The number of thioether (sulfide) groups is 2. The maximum Gasteiger partial charge on any atom is 0.273 e. The Kier molecular flexibility index (Phi) is 6.84. The van der Waals surface area contributed by atoms with Crippen LogP contribution in [0.1, 0.15) is 0 Å². The molecule has 2 rings (SSSR count). The first kappa shape index (κ1) is 15.3. The van der Waals surface area contributed by atoms with E-state index >= 15 is 0 Å². The highest BCUT2D eigenvalue weighted by molar-refractivity contribution is 8.02. The molecule has 0 saturated carbocycles. The van der Waals surface area contributed by atoms with Gasteiger partial charge < -0.3 is 24.0 Å². The molecule has 1 aromatic carbocycles. The Balaban J connectivity index is 0.00000144. The lowest BCUT2D eigenvalue weighted by Gasteiger charge is -2.00. The highest BCUT2D eigenvalue weighted by Crippen LogP contribution is 2.37.